The minimum absolute atomic E-state index is 0.102. The summed E-state index contributed by atoms with van der Waals surface area (Å²) in [4.78, 5) is 29.2. The number of likely N-dealkylation sites (N-methyl/N-ethyl adjacent to an activating group) is 1. The molecular formula is C24H26N2O4. The molecule has 1 fully saturated rings. The molecule has 0 saturated carbocycles. The Morgan fingerprint density at radius 3 is 2.40 bits per heavy atom. The van der Waals surface area contributed by atoms with Gasteiger partial charge in [0.15, 0.2) is 0 Å². The molecule has 0 aromatic heterocycles. The number of hydrogen-bond donors (Lipinski definition) is 1. The molecule has 0 radical (unpaired) electrons. The monoisotopic (exact) mass is 406 g/mol. The molecule has 0 aliphatic carbocycles. The Hall–Kier alpha value is -3.38. The predicted octanol–water partition coefficient (Wildman–Crippen LogP) is 3.23. The minimum Gasteiger partial charge on any atom is -0.507 e. The Morgan fingerprint density at radius 1 is 1.13 bits per heavy atom. The topological polar surface area (TPSA) is 70.1 Å². The molecule has 6 nitrogen and oxygen atoms in total. The standard InChI is InChI=1S/C24H26N2O4/c1-4-16-30-19-12-10-18(11-13-19)22(27)20-21(17-8-6-5-7-9-17)26(15-14-25(2)3)24(29)23(20)28/h4-13,21,27H,1,14-16H2,2-3H3/b22-20+/t21-/m1/s1. The highest BCUT2D eigenvalue weighted by Gasteiger charge is 2.45. The van der Waals surface area contributed by atoms with Crippen LogP contribution in [0.1, 0.15) is 17.2 Å². The molecule has 1 amide bonds. The van der Waals surface area contributed by atoms with Crippen LogP contribution in [0.3, 0.4) is 0 Å². The number of carbonyl (C=O) groups excluding carboxylic acids is 2. The number of hydrogen-bond acceptors (Lipinski definition) is 5. The molecule has 2 aromatic rings. The first-order valence-corrected chi connectivity index (χ1v) is 9.76. The van der Waals surface area contributed by atoms with Crippen LogP contribution in [0, 0.1) is 0 Å². The van der Waals surface area contributed by atoms with Crippen molar-refractivity contribution >= 4 is 17.4 Å². The van der Waals surface area contributed by atoms with Gasteiger partial charge in [-0.3, -0.25) is 9.59 Å². The molecule has 3 rings (SSSR count). The fraction of sp³-hybridized carbons (Fsp3) is 0.250. The average molecular weight is 406 g/mol. The number of ether oxygens (including phenoxy) is 1. The van der Waals surface area contributed by atoms with Crippen LogP contribution in [0.15, 0.2) is 72.8 Å². The fourth-order valence-electron chi connectivity index (χ4n) is 3.42. The van der Waals surface area contributed by atoms with Crippen LogP contribution >= 0.6 is 0 Å². The molecule has 2 aromatic carbocycles. The van der Waals surface area contributed by atoms with Gasteiger partial charge in [0.05, 0.1) is 11.6 Å². The number of carbonyl (C=O) groups is 2. The van der Waals surface area contributed by atoms with Gasteiger partial charge in [-0.15, -0.1) is 0 Å². The van der Waals surface area contributed by atoms with E-state index in [0.29, 0.717) is 31.0 Å². The molecule has 1 aliphatic rings. The Kier molecular flexibility index (Phi) is 6.69. The van der Waals surface area contributed by atoms with Crippen LogP contribution in [-0.4, -0.2) is 60.4 Å². The maximum atomic E-state index is 12.9. The number of nitrogens with zero attached hydrogens (tertiary/aromatic N) is 2. The Morgan fingerprint density at radius 2 is 1.80 bits per heavy atom. The first kappa shape index (κ1) is 21.3. The minimum atomic E-state index is -0.674. The van der Waals surface area contributed by atoms with Gasteiger partial charge < -0.3 is 19.6 Å². The molecule has 6 heteroatoms. The van der Waals surface area contributed by atoms with E-state index in [1.54, 1.807) is 30.3 Å². The number of benzene rings is 2. The lowest BCUT2D eigenvalue weighted by atomic mass is 9.95. The van der Waals surface area contributed by atoms with Gasteiger partial charge in [0.2, 0.25) is 0 Å². The van der Waals surface area contributed by atoms with Crippen LogP contribution in [0.4, 0.5) is 0 Å². The molecule has 0 unspecified atom stereocenters. The highest BCUT2D eigenvalue weighted by molar-refractivity contribution is 6.46. The molecule has 1 N–H and O–H groups in total. The van der Waals surface area contributed by atoms with Gasteiger partial charge in [-0.1, -0.05) is 43.0 Å². The molecule has 1 heterocycles. The van der Waals surface area contributed by atoms with Crippen molar-refractivity contribution in [1.82, 2.24) is 9.80 Å². The fourth-order valence-corrected chi connectivity index (χ4v) is 3.42. The molecule has 1 saturated heterocycles. The summed E-state index contributed by atoms with van der Waals surface area (Å²) in [5, 5.41) is 11.0. The molecule has 0 bridgehead atoms. The van der Waals surface area contributed by atoms with E-state index in [9.17, 15) is 14.7 Å². The summed E-state index contributed by atoms with van der Waals surface area (Å²) in [7, 11) is 3.81. The Bertz CT molecular complexity index is 949. The summed E-state index contributed by atoms with van der Waals surface area (Å²) in [5.41, 5.74) is 1.33. The van der Waals surface area contributed by atoms with E-state index >= 15 is 0 Å². The number of rotatable bonds is 8. The zero-order valence-corrected chi connectivity index (χ0v) is 17.2. The first-order valence-electron chi connectivity index (χ1n) is 9.76. The van der Waals surface area contributed by atoms with Crippen LogP contribution in [0.2, 0.25) is 0 Å². The largest absolute Gasteiger partial charge is 0.507 e. The van der Waals surface area contributed by atoms with E-state index in [1.807, 2.05) is 49.3 Å². The van der Waals surface area contributed by atoms with Crippen molar-refractivity contribution in [1.29, 1.82) is 0 Å². The summed E-state index contributed by atoms with van der Waals surface area (Å²) in [5.74, 6) is -0.840. The number of aliphatic hydroxyl groups excluding tert-OH is 1. The van der Waals surface area contributed by atoms with Gasteiger partial charge in [-0.25, -0.2) is 0 Å². The Balaban J connectivity index is 2.03. The van der Waals surface area contributed by atoms with Gasteiger partial charge in [-0.05, 0) is 43.9 Å². The summed E-state index contributed by atoms with van der Waals surface area (Å²) < 4.78 is 5.47. The molecule has 0 spiro atoms. The van der Waals surface area contributed by atoms with E-state index in [0.717, 1.165) is 5.56 Å². The van der Waals surface area contributed by atoms with Crippen molar-refractivity contribution in [2.75, 3.05) is 33.8 Å². The number of aliphatic hydroxyl groups is 1. The number of ketones is 1. The van der Waals surface area contributed by atoms with Crippen molar-refractivity contribution in [2.45, 2.75) is 6.04 Å². The molecule has 156 valence electrons. The summed E-state index contributed by atoms with van der Waals surface area (Å²) in [6.07, 6.45) is 1.64. The average Bonchev–Trinajstić information content (AvgIpc) is 3.01. The van der Waals surface area contributed by atoms with Gasteiger partial charge in [-0.2, -0.15) is 0 Å². The highest BCUT2D eigenvalue weighted by Crippen LogP contribution is 2.39. The number of Topliss-reactive ketones (excluding diaryl/α,β-unsaturated/α-hetero) is 1. The first-order chi connectivity index (χ1) is 14.4. The van der Waals surface area contributed by atoms with Crippen LogP contribution in [0.25, 0.3) is 5.76 Å². The van der Waals surface area contributed by atoms with Crippen LogP contribution in [-0.2, 0) is 9.59 Å². The summed E-state index contributed by atoms with van der Waals surface area (Å²) in [6.45, 7) is 4.96. The van der Waals surface area contributed by atoms with E-state index in [4.69, 9.17) is 4.74 Å². The number of amides is 1. The van der Waals surface area contributed by atoms with Crippen molar-refractivity contribution in [2.24, 2.45) is 0 Å². The second-order valence-corrected chi connectivity index (χ2v) is 7.33. The zero-order chi connectivity index (χ0) is 21.7. The van der Waals surface area contributed by atoms with Crippen LogP contribution in [0.5, 0.6) is 5.75 Å². The maximum Gasteiger partial charge on any atom is 0.295 e. The lowest BCUT2D eigenvalue weighted by Crippen LogP contribution is -2.35. The quantitative estimate of drug-likeness (QED) is 0.315. The van der Waals surface area contributed by atoms with E-state index in [2.05, 4.69) is 6.58 Å². The van der Waals surface area contributed by atoms with E-state index < -0.39 is 17.7 Å². The van der Waals surface area contributed by atoms with E-state index in [1.165, 1.54) is 4.90 Å². The smallest absolute Gasteiger partial charge is 0.295 e. The lowest BCUT2D eigenvalue weighted by Gasteiger charge is -2.26. The second-order valence-electron chi connectivity index (χ2n) is 7.33. The third-order valence-electron chi connectivity index (χ3n) is 4.94. The molecule has 1 aliphatic heterocycles. The SMILES string of the molecule is C=CCOc1ccc(/C(O)=C2\C(=O)C(=O)N(CCN(C)C)[C@@H]2c2ccccc2)cc1. The molecule has 1 atom stereocenters. The van der Waals surface area contributed by atoms with Gasteiger partial charge in [0.1, 0.15) is 18.1 Å². The normalized spacial score (nSPS) is 18.1. The van der Waals surface area contributed by atoms with Crippen molar-refractivity contribution in [3.05, 3.63) is 84.0 Å². The third kappa shape index (κ3) is 4.44. The Labute approximate surface area is 176 Å². The van der Waals surface area contributed by atoms with Crippen LogP contribution < -0.4 is 4.74 Å². The van der Waals surface area contributed by atoms with Gasteiger partial charge >= 0.3 is 0 Å². The van der Waals surface area contributed by atoms with Gasteiger partial charge in [0, 0.05) is 18.7 Å². The molecular weight excluding hydrogens is 380 g/mol. The van der Waals surface area contributed by atoms with Crippen molar-refractivity contribution in [3.8, 4) is 5.75 Å². The van der Waals surface area contributed by atoms with Crippen molar-refractivity contribution in [3.63, 3.8) is 0 Å². The molecule has 30 heavy (non-hydrogen) atoms. The summed E-state index contributed by atoms with van der Waals surface area (Å²) in [6, 6.07) is 15.4. The highest BCUT2D eigenvalue weighted by atomic mass is 16.5. The third-order valence-corrected chi connectivity index (χ3v) is 4.94. The predicted molar refractivity (Wildman–Crippen MR) is 116 cm³/mol. The number of likely N-dealkylation sites (tertiary alicyclic amines) is 1. The van der Waals surface area contributed by atoms with E-state index in [-0.39, 0.29) is 11.3 Å². The second kappa shape index (κ2) is 9.41. The maximum absolute atomic E-state index is 12.9. The zero-order valence-electron chi connectivity index (χ0n) is 17.2. The summed E-state index contributed by atoms with van der Waals surface area (Å²) >= 11 is 0. The van der Waals surface area contributed by atoms with Crippen molar-refractivity contribution < 1.29 is 19.4 Å². The van der Waals surface area contributed by atoms with Gasteiger partial charge in [0.25, 0.3) is 11.7 Å². The lowest BCUT2D eigenvalue weighted by molar-refractivity contribution is -0.140.